The van der Waals surface area contributed by atoms with Gasteiger partial charge in [0, 0.05) is 0 Å². The molecule has 0 unspecified atom stereocenters. The summed E-state index contributed by atoms with van der Waals surface area (Å²) in [6.07, 6.45) is 5.38. The number of hydrogen-bond acceptors (Lipinski definition) is 5. The van der Waals surface area contributed by atoms with Crippen molar-refractivity contribution in [3.63, 3.8) is 0 Å². The van der Waals surface area contributed by atoms with Gasteiger partial charge in [0.05, 0.1) is 11.3 Å². The first-order chi connectivity index (χ1) is 6.45. The van der Waals surface area contributed by atoms with E-state index in [1.165, 1.54) is 6.33 Å². The van der Waals surface area contributed by atoms with Gasteiger partial charge in [0.2, 0.25) is 0 Å². The minimum Gasteiger partial charge on any atom is -0.229 e. The molecule has 0 aromatic carbocycles. The first kappa shape index (κ1) is 6.97. The largest absolute Gasteiger partial charge is 0.229 e. The SMILES string of the molecule is C1=CSc2ncnc3c2C(=C1)N=N3. The van der Waals surface area contributed by atoms with Gasteiger partial charge in [0.15, 0.2) is 5.82 Å². The standard InChI is InChI=1S/C8H4N4S/c1-2-5-6-7(12-11-5)9-4-10-8(6)13-3-1/h1-4H. The lowest BCUT2D eigenvalue weighted by Crippen LogP contribution is -1.87. The second kappa shape index (κ2) is 2.50. The molecule has 0 aliphatic carbocycles. The van der Waals surface area contributed by atoms with Crippen LogP contribution in [-0.2, 0) is 0 Å². The second-order valence-corrected chi connectivity index (χ2v) is 3.47. The molecule has 5 heteroatoms. The maximum atomic E-state index is 4.17. The number of hydrogen-bond donors (Lipinski definition) is 0. The van der Waals surface area contributed by atoms with E-state index in [4.69, 9.17) is 0 Å². The second-order valence-electron chi connectivity index (χ2n) is 2.58. The molecular formula is C8H4N4S. The first-order valence-corrected chi connectivity index (χ1v) is 4.64. The van der Waals surface area contributed by atoms with Crippen molar-refractivity contribution >= 4 is 23.3 Å². The number of nitrogens with zero attached hydrogens (tertiary/aromatic N) is 4. The van der Waals surface area contributed by atoms with Gasteiger partial charge in [0.25, 0.3) is 0 Å². The highest BCUT2D eigenvalue weighted by molar-refractivity contribution is 8.02. The Morgan fingerprint density at radius 2 is 2.15 bits per heavy atom. The van der Waals surface area contributed by atoms with Crippen LogP contribution in [-0.4, -0.2) is 9.97 Å². The lowest BCUT2D eigenvalue weighted by molar-refractivity contribution is 1.04. The van der Waals surface area contributed by atoms with Crippen molar-refractivity contribution in [3.8, 4) is 0 Å². The van der Waals surface area contributed by atoms with Crippen LogP contribution in [0.25, 0.3) is 5.70 Å². The van der Waals surface area contributed by atoms with Gasteiger partial charge >= 0.3 is 0 Å². The summed E-state index contributed by atoms with van der Waals surface area (Å²) in [4.78, 5) is 8.21. The fourth-order valence-electron chi connectivity index (χ4n) is 1.25. The van der Waals surface area contributed by atoms with Gasteiger partial charge in [-0.3, -0.25) is 0 Å². The van der Waals surface area contributed by atoms with E-state index in [9.17, 15) is 0 Å². The van der Waals surface area contributed by atoms with Crippen LogP contribution >= 0.6 is 11.8 Å². The summed E-state index contributed by atoms with van der Waals surface area (Å²) in [6.45, 7) is 0. The van der Waals surface area contributed by atoms with E-state index in [2.05, 4.69) is 20.2 Å². The van der Waals surface area contributed by atoms with Crippen LogP contribution < -0.4 is 0 Å². The average molecular weight is 188 g/mol. The van der Waals surface area contributed by atoms with Gasteiger partial charge in [-0.1, -0.05) is 17.8 Å². The first-order valence-electron chi connectivity index (χ1n) is 3.76. The number of thioether (sulfide) groups is 1. The van der Waals surface area contributed by atoms with Crippen molar-refractivity contribution in [1.82, 2.24) is 9.97 Å². The summed E-state index contributed by atoms with van der Waals surface area (Å²) < 4.78 is 0. The topological polar surface area (TPSA) is 50.5 Å². The molecule has 0 saturated carbocycles. The molecule has 1 aromatic heterocycles. The third-order valence-corrected chi connectivity index (χ3v) is 2.64. The summed E-state index contributed by atoms with van der Waals surface area (Å²) in [5.41, 5.74) is 1.81. The predicted octanol–water partition coefficient (Wildman–Crippen LogP) is 2.53. The monoisotopic (exact) mass is 188 g/mol. The Bertz CT molecular complexity index is 461. The fraction of sp³-hybridized carbons (Fsp3) is 0. The van der Waals surface area contributed by atoms with Crippen LogP contribution in [0.3, 0.4) is 0 Å². The van der Waals surface area contributed by atoms with E-state index >= 15 is 0 Å². The maximum Gasteiger partial charge on any atom is 0.188 e. The minimum absolute atomic E-state index is 0.674. The highest BCUT2D eigenvalue weighted by Gasteiger charge is 2.21. The van der Waals surface area contributed by atoms with E-state index in [0.717, 1.165) is 16.3 Å². The van der Waals surface area contributed by atoms with E-state index in [-0.39, 0.29) is 0 Å². The van der Waals surface area contributed by atoms with E-state index < -0.39 is 0 Å². The molecule has 0 radical (unpaired) electrons. The van der Waals surface area contributed by atoms with Gasteiger partial charge in [-0.05, 0) is 11.5 Å². The smallest absolute Gasteiger partial charge is 0.188 e. The van der Waals surface area contributed by atoms with Crippen LogP contribution in [0.1, 0.15) is 5.56 Å². The van der Waals surface area contributed by atoms with Crippen molar-refractivity contribution in [1.29, 1.82) is 0 Å². The molecule has 2 aliphatic heterocycles. The molecule has 62 valence electrons. The summed E-state index contributed by atoms with van der Waals surface area (Å²) in [5, 5.41) is 10.9. The zero-order chi connectivity index (χ0) is 8.67. The average Bonchev–Trinajstić information content (AvgIpc) is 2.44. The van der Waals surface area contributed by atoms with E-state index in [0.29, 0.717) is 5.82 Å². The highest BCUT2D eigenvalue weighted by atomic mass is 32.2. The Labute approximate surface area is 78.5 Å². The quantitative estimate of drug-likeness (QED) is 0.588. The van der Waals surface area contributed by atoms with Crippen molar-refractivity contribution in [2.24, 2.45) is 10.2 Å². The predicted molar refractivity (Wildman–Crippen MR) is 49.5 cm³/mol. The third-order valence-electron chi connectivity index (χ3n) is 1.81. The normalized spacial score (nSPS) is 16.8. The molecule has 0 atom stereocenters. The van der Waals surface area contributed by atoms with Gasteiger partial charge < -0.3 is 0 Å². The lowest BCUT2D eigenvalue weighted by Gasteiger charge is -1.99. The molecule has 3 rings (SSSR count). The Hall–Kier alpha value is -1.49. The molecule has 4 nitrogen and oxygen atoms in total. The molecule has 0 spiro atoms. The Morgan fingerprint density at radius 3 is 3.15 bits per heavy atom. The summed E-state index contributed by atoms with van der Waals surface area (Å²) in [7, 11) is 0. The Kier molecular flexibility index (Phi) is 1.34. The molecule has 13 heavy (non-hydrogen) atoms. The minimum atomic E-state index is 0.674. The van der Waals surface area contributed by atoms with Crippen LogP contribution in [0.15, 0.2) is 39.1 Å². The van der Waals surface area contributed by atoms with Crippen LogP contribution in [0.4, 0.5) is 5.82 Å². The summed E-state index contributed by atoms with van der Waals surface area (Å²) in [6, 6.07) is 0. The zero-order valence-electron chi connectivity index (χ0n) is 6.51. The van der Waals surface area contributed by atoms with Crippen LogP contribution in [0.2, 0.25) is 0 Å². The molecule has 3 heterocycles. The van der Waals surface area contributed by atoms with Crippen molar-refractivity contribution < 1.29 is 0 Å². The fourth-order valence-corrected chi connectivity index (χ4v) is 1.96. The molecule has 0 fully saturated rings. The number of azo groups is 1. The highest BCUT2D eigenvalue weighted by Crippen LogP contribution is 2.40. The summed E-state index contributed by atoms with van der Waals surface area (Å²) in [5.74, 6) is 0.674. The van der Waals surface area contributed by atoms with Crippen LogP contribution in [0, 0.1) is 0 Å². The molecule has 0 N–H and O–H groups in total. The van der Waals surface area contributed by atoms with Crippen molar-refractivity contribution in [2.45, 2.75) is 5.03 Å². The molecule has 0 saturated heterocycles. The molecule has 1 aromatic rings. The third kappa shape index (κ3) is 0.936. The number of rotatable bonds is 0. The van der Waals surface area contributed by atoms with Gasteiger partial charge in [-0.2, -0.15) is 0 Å². The summed E-state index contributed by atoms with van der Waals surface area (Å²) >= 11 is 1.56. The number of allylic oxidation sites excluding steroid dienone is 2. The Balaban J connectivity index is 2.37. The zero-order valence-corrected chi connectivity index (χ0v) is 7.32. The van der Waals surface area contributed by atoms with Crippen LogP contribution in [0.5, 0.6) is 0 Å². The van der Waals surface area contributed by atoms with Gasteiger partial charge in [-0.15, -0.1) is 10.2 Å². The van der Waals surface area contributed by atoms with Crippen molar-refractivity contribution in [2.75, 3.05) is 0 Å². The molecular weight excluding hydrogens is 184 g/mol. The van der Waals surface area contributed by atoms with E-state index in [1.807, 2.05) is 17.6 Å². The Morgan fingerprint density at radius 1 is 1.15 bits per heavy atom. The lowest BCUT2D eigenvalue weighted by atomic mass is 10.2. The van der Waals surface area contributed by atoms with Gasteiger partial charge in [-0.25, -0.2) is 9.97 Å². The van der Waals surface area contributed by atoms with E-state index in [1.54, 1.807) is 11.8 Å². The maximum absolute atomic E-state index is 4.17. The molecule has 0 amide bonds. The molecule has 2 aliphatic rings. The van der Waals surface area contributed by atoms with Gasteiger partial charge in [0.1, 0.15) is 11.4 Å². The number of aromatic nitrogens is 2. The van der Waals surface area contributed by atoms with Crippen molar-refractivity contribution in [3.05, 3.63) is 29.5 Å². The molecule has 0 bridgehead atoms.